The fourth-order valence-corrected chi connectivity index (χ4v) is 2.10. The second-order valence-electron chi connectivity index (χ2n) is 4.77. The number of hydrogen-bond donors (Lipinski definition) is 2. The molecule has 0 radical (unpaired) electrons. The normalized spacial score (nSPS) is 24.1. The van der Waals surface area contributed by atoms with Crippen LogP contribution in [-0.4, -0.2) is 31.2 Å². The van der Waals surface area contributed by atoms with E-state index in [0.29, 0.717) is 12.1 Å². The van der Waals surface area contributed by atoms with Gasteiger partial charge in [0.05, 0.1) is 12.1 Å². The maximum Gasteiger partial charge on any atom is 0.241 e. The summed E-state index contributed by atoms with van der Waals surface area (Å²) in [6, 6.07) is 9.71. The maximum atomic E-state index is 11.9. The molecular formula is C14H20N2O2. The van der Waals surface area contributed by atoms with E-state index in [1.807, 2.05) is 37.3 Å². The standard InChI is InChI=1S/C14H20N2O2/c1-10(15-12-8-13(9-12)18-2)14(17)16-11-6-4-3-5-7-11/h3-7,10,12-13,15H,8-9H2,1-2H3,(H,16,17). The van der Waals surface area contributed by atoms with Gasteiger partial charge < -0.3 is 15.4 Å². The summed E-state index contributed by atoms with van der Waals surface area (Å²) >= 11 is 0. The van der Waals surface area contributed by atoms with Gasteiger partial charge in [0.25, 0.3) is 0 Å². The molecule has 1 aliphatic rings. The topological polar surface area (TPSA) is 50.4 Å². The molecule has 1 fully saturated rings. The average molecular weight is 248 g/mol. The van der Waals surface area contributed by atoms with E-state index in [9.17, 15) is 4.79 Å². The van der Waals surface area contributed by atoms with E-state index in [0.717, 1.165) is 18.5 Å². The number of benzene rings is 1. The van der Waals surface area contributed by atoms with Crippen LogP contribution in [0.5, 0.6) is 0 Å². The molecule has 4 nitrogen and oxygen atoms in total. The minimum atomic E-state index is -0.187. The van der Waals surface area contributed by atoms with Crippen molar-refractivity contribution in [1.29, 1.82) is 0 Å². The maximum absolute atomic E-state index is 11.9. The highest BCUT2D eigenvalue weighted by Crippen LogP contribution is 2.22. The molecule has 4 heteroatoms. The van der Waals surface area contributed by atoms with Crippen LogP contribution in [0, 0.1) is 0 Å². The third-order valence-corrected chi connectivity index (χ3v) is 3.35. The number of rotatable bonds is 5. The van der Waals surface area contributed by atoms with Crippen LogP contribution >= 0.6 is 0 Å². The minimum Gasteiger partial charge on any atom is -0.381 e. The Morgan fingerprint density at radius 1 is 1.33 bits per heavy atom. The van der Waals surface area contributed by atoms with E-state index >= 15 is 0 Å². The van der Waals surface area contributed by atoms with Gasteiger partial charge in [0.15, 0.2) is 0 Å². The van der Waals surface area contributed by atoms with Crippen molar-refractivity contribution in [3.05, 3.63) is 30.3 Å². The van der Waals surface area contributed by atoms with Crippen molar-refractivity contribution < 1.29 is 9.53 Å². The van der Waals surface area contributed by atoms with Crippen molar-refractivity contribution in [2.75, 3.05) is 12.4 Å². The van der Waals surface area contributed by atoms with Gasteiger partial charge in [-0.15, -0.1) is 0 Å². The zero-order chi connectivity index (χ0) is 13.0. The van der Waals surface area contributed by atoms with Gasteiger partial charge in [0, 0.05) is 18.8 Å². The van der Waals surface area contributed by atoms with E-state index in [4.69, 9.17) is 4.74 Å². The molecule has 0 heterocycles. The molecule has 2 rings (SSSR count). The first-order valence-corrected chi connectivity index (χ1v) is 6.34. The van der Waals surface area contributed by atoms with E-state index < -0.39 is 0 Å². The first kappa shape index (κ1) is 13.1. The fraction of sp³-hybridized carbons (Fsp3) is 0.500. The lowest BCUT2D eigenvalue weighted by atomic mass is 9.88. The smallest absolute Gasteiger partial charge is 0.241 e. The van der Waals surface area contributed by atoms with E-state index in [1.165, 1.54) is 0 Å². The van der Waals surface area contributed by atoms with Crippen molar-refractivity contribution in [1.82, 2.24) is 5.32 Å². The second kappa shape index (κ2) is 5.98. The number of hydrogen-bond acceptors (Lipinski definition) is 3. The Labute approximate surface area is 108 Å². The number of amides is 1. The highest BCUT2D eigenvalue weighted by Gasteiger charge is 2.30. The van der Waals surface area contributed by atoms with Crippen LogP contribution < -0.4 is 10.6 Å². The molecule has 18 heavy (non-hydrogen) atoms. The molecule has 0 spiro atoms. The second-order valence-corrected chi connectivity index (χ2v) is 4.77. The lowest BCUT2D eigenvalue weighted by Gasteiger charge is -2.36. The summed E-state index contributed by atoms with van der Waals surface area (Å²) in [6.45, 7) is 1.89. The van der Waals surface area contributed by atoms with Gasteiger partial charge in [-0.25, -0.2) is 0 Å². The number of nitrogens with one attached hydrogen (secondary N) is 2. The first-order valence-electron chi connectivity index (χ1n) is 6.34. The molecular weight excluding hydrogens is 228 g/mol. The number of carbonyl (C=O) groups is 1. The van der Waals surface area contributed by atoms with Gasteiger partial charge >= 0.3 is 0 Å². The molecule has 98 valence electrons. The quantitative estimate of drug-likeness (QED) is 0.835. The molecule has 0 aliphatic heterocycles. The molecule has 1 unspecified atom stereocenters. The molecule has 1 aromatic rings. The van der Waals surface area contributed by atoms with Crippen molar-refractivity contribution in [3.63, 3.8) is 0 Å². The van der Waals surface area contributed by atoms with Gasteiger partial charge in [0.1, 0.15) is 0 Å². The Kier molecular flexibility index (Phi) is 4.33. The highest BCUT2D eigenvalue weighted by atomic mass is 16.5. The summed E-state index contributed by atoms with van der Waals surface area (Å²) in [5.41, 5.74) is 0.833. The molecule has 1 aliphatic carbocycles. The van der Waals surface area contributed by atoms with Crippen LogP contribution in [0.3, 0.4) is 0 Å². The number of ether oxygens (including phenoxy) is 1. The number of para-hydroxylation sites is 1. The average Bonchev–Trinajstić information content (AvgIpc) is 2.34. The van der Waals surface area contributed by atoms with Gasteiger partial charge in [-0.3, -0.25) is 4.79 Å². The predicted octanol–water partition coefficient (Wildman–Crippen LogP) is 1.78. The van der Waals surface area contributed by atoms with Gasteiger partial charge in [-0.1, -0.05) is 18.2 Å². The van der Waals surface area contributed by atoms with E-state index in [2.05, 4.69) is 10.6 Å². The summed E-state index contributed by atoms with van der Waals surface area (Å²) in [6.07, 6.45) is 2.32. The summed E-state index contributed by atoms with van der Waals surface area (Å²) < 4.78 is 5.21. The van der Waals surface area contributed by atoms with Crippen LogP contribution in [0.1, 0.15) is 19.8 Å². The van der Waals surface area contributed by atoms with Gasteiger partial charge in [0.2, 0.25) is 5.91 Å². The number of carbonyl (C=O) groups excluding carboxylic acids is 1. The van der Waals surface area contributed by atoms with Crippen molar-refractivity contribution >= 4 is 11.6 Å². The molecule has 2 N–H and O–H groups in total. The number of methoxy groups -OCH3 is 1. The molecule has 0 aromatic heterocycles. The van der Waals surface area contributed by atoms with Crippen molar-refractivity contribution in [2.45, 2.75) is 38.0 Å². The summed E-state index contributed by atoms with van der Waals surface area (Å²) in [5.74, 6) is 0.00191. The van der Waals surface area contributed by atoms with Gasteiger partial charge in [-0.05, 0) is 31.9 Å². The summed E-state index contributed by atoms with van der Waals surface area (Å²) in [7, 11) is 1.73. The van der Waals surface area contributed by atoms with Crippen LogP contribution in [0.2, 0.25) is 0 Å². The molecule has 1 amide bonds. The van der Waals surface area contributed by atoms with Crippen LogP contribution in [0.25, 0.3) is 0 Å². The Bertz CT molecular complexity index is 388. The van der Waals surface area contributed by atoms with Crippen LogP contribution in [0.15, 0.2) is 30.3 Å². The fourth-order valence-electron chi connectivity index (χ4n) is 2.10. The summed E-state index contributed by atoms with van der Waals surface area (Å²) in [5, 5.41) is 6.20. The third-order valence-electron chi connectivity index (χ3n) is 3.35. The first-order chi connectivity index (χ1) is 8.69. The molecule has 0 bridgehead atoms. The van der Waals surface area contributed by atoms with Crippen molar-refractivity contribution in [3.8, 4) is 0 Å². The molecule has 1 saturated carbocycles. The Balaban J connectivity index is 1.76. The zero-order valence-electron chi connectivity index (χ0n) is 10.8. The van der Waals surface area contributed by atoms with E-state index in [-0.39, 0.29) is 11.9 Å². The molecule has 0 saturated heterocycles. The van der Waals surface area contributed by atoms with Gasteiger partial charge in [-0.2, -0.15) is 0 Å². The lowest BCUT2D eigenvalue weighted by Crippen LogP contribution is -2.51. The minimum absolute atomic E-state index is 0.00191. The Hall–Kier alpha value is -1.39. The highest BCUT2D eigenvalue weighted by molar-refractivity contribution is 5.94. The SMILES string of the molecule is COC1CC(NC(C)C(=O)Nc2ccccc2)C1. The zero-order valence-corrected chi connectivity index (χ0v) is 10.8. The molecule has 1 atom stereocenters. The monoisotopic (exact) mass is 248 g/mol. The largest absolute Gasteiger partial charge is 0.381 e. The van der Waals surface area contributed by atoms with E-state index in [1.54, 1.807) is 7.11 Å². The number of anilines is 1. The predicted molar refractivity (Wildman–Crippen MR) is 71.5 cm³/mol. The third kappa shape index (κ3) is 3.31. The lowest BCUT2D eigenvalue weighted by molar-refractivity contribution is -0.118. The Morgan fingerprint density at radius 3 is 2.61 bits per heavy atom. The molecule has 1 aromatic carbocycles. The van der Waals surface area contributed by atoms with Crippen molar-refractivity contribution in [2.24, 2.45) is 0 Å². The van der Waals surface area contributed by atoms with Crippen LogP contribution in [0.4, 0.5) is 5.69 Å². The summed E-state index contributed by atoms with van der Waals surface area (Å²) in [4.78, 5) is 11.9. The van der Waals surface area contributed by atoms with Crippen LogP contribution in [-0.2, 0) is 9.53 Å². The Morgan fingerprint density at radius 2 is 2.00 bits per heavy atom.